The first-order valence-corrected chi connectivity index (χ1v) is 9.31. The molecule has 2 aromatic carbocycles. The maximum Gasteiger partial charge on any atom is 0.274 e. The number of hydrogen-bond acceptors (Lipinski definition) is 3. The van der Waals surface area contributed by atoms with E-state index in [0.29, 0.717) is 23.8 Å². The first-order chi connectivity index (χ1) is 13.5. The summed E-state index contributed by atoms with van der Waals surface area (Å²) in [4.78, 5) is 26.3. The van der Waals surface area contributed by atoms with Crippen molar-refractivity contribution in [2.45, 2.75) is 19.9 Å². The lowest BCUT2D eigenvalue weighted by Crippen LogP contribution is -2.26. The minimum atomic E-state index is -0.239. The average Bonchev–Trinajstić information content (AvgIpc) is 3.13. The number of benzene rings is 2. The molecule has 2 amide bonds. The zero-order chi connectivity index (χ0) is 20.1. The van der Waals surface area contributed by atoms with E-state index in [1.165, 1.54) is 0 Å². The summed E-state index contributed by atoms with van der Waals surface area (Å²) >= 11 is 5.91. The normalized spacial score (nSPS) is 10.5. The number of aromatic nitrogens is 2. The SMILES string of the molecule is CCC(=O)Nc1cc(C(=O)N(C)Cc2ccc(Cl)cc2)nn1-c1ccccc1. The van der Waals surface area contributed by atoms with Crippen molar-refractivity contribution in [2.75, 3.05) is 12.4 Å². The Hall–Kier alpha value is -3.12. The van der Waals surface area contributed by atoms with Crippen molar-refractivity contribution < 1.29 is 9.59 Å². The summed E-state index contributed by atoms with van der Waals surface area (Å²) in [7, 11) is 1.71. The molecule has 0 aliphatic rings. The van der Waals surface area contributed by atoms with Gasteiger partial charge in [-0.25, -0.2) is 4.68 Å². The Morgan fingerprint density at radius 3 is 2.43 bits per heavy atom. The minimum absolute atomic E-state index is 0.148. The van der Waals surface area contributed by atoms with Gasteiger partial charge in [0, 0.05) is 31.1 Å². The van der Waals surface area contributed by atoms with E-state index in [4.69, 9.17) is 11.6 Å². The van der Waals surface area contributed by atoms with Gasteiger partial charge in [0.05, 0.1) is 5.69 Å². The summed E-state index contributed by atoms with van der Waals surface area (Å²) in [5, 5.41) is 7.89. The van der Waals surface area contributed by atoms with Crippen LogP contribution in [0, 0.1) is 0 Å². The van der Waals surface area contributed by atoms with E-state index >= 15 is 0 Å². The lowest BCUT2D eigenvalue weighted by atomic mass is 10.2. The summed E-state index contributed by atoms with van der Waals surface area (Å²) < 4.78 is 1.57. The molecule has 0 saturated heterocycles. The standard InChI is InChI=1S/C21H21ClN4O2/c1-3-20(27)23-19-13-18(24-26(19)17-7-5-4-6-8-17)21(28)25(2)14-15-9-11-16(22)12-10-15/h4-13H,3,14H2,1-2H3,(H,23,27). The number of amides is 2. The Morgan fingerprint density at radius 2 is 1.79 bits per heavy atom. The van der Waals surface area contributed by atoms with Gasteiger partial charge in [-0.3, -0.25) is 9.59 Å². The van der Waals surface area contributed by atoms with Crippen LogP contribution in [0.2, 0.25) is 5.02 Å². The van der Waals surface area contributed by atoms with Gasteiger partial charge in [0.1, 0.15) is 5.82 Å². The monoisotopic (exact) mass is 396 g/mol. The van der Waals surface area contributed by atoms with Gasteiger partial charge in [-0.05, 0) is 29.8 Å². The number of hydrogen-bond donors (Lipinski definition) is 1. The number of carbonyl (C=O) groups excluding carboxylic acids is 2. The van der Waals surface area contributed by atoms with Gasteiger partial charge in [0.2, 0.25) is 5.91 Å². The highest BCUT2D eigenvalue weighted by molar-refractivity contribution is 6.30. The van der Waals surface area contributed by atoms with Crippen LogP contribution in [0.5, 0.6) is 0 Å². The Bertz CT molecular complexity index is 968. The molecule has 0 saturated carbocycles. The van der Waals surface area contributed by atoms with Crippen molar-refractivity contribution >= 4 is 29.2 Å². The first-order valence-electron chi connectivity index (χ1n) is 8.93. The highest BCUT2D eigenvalue weighted by Gasteiger charge is 2.20. The largest absolute Gasteiger partial charge is 0.336 e. The Morgan fingerprint density at radius 1 is 1.11 bits per heavy atom. The molecule has 0 unspecified atom stereocenters. The average molecular weight is 397 g/mol. The van der Waals surface area contributed by atoms with Crippen molar-refractivity contribution in [1.82, 2.24) is 14.7 Å². The zero-order valence-corrected chi connectivity index (χ0v) is 16.5. The van der Waals surface area contributed by atoms with Gasteiger partial charge in [-0.2, -0.15) is 5.10 Å². The van der Waals surface area contributed by atoms with E-state index in [9.17, 15) is 9.59 Å². The van der Waals surface area contributed by atoms with Gasteiger partial charge < -0.3 is 10.2 Å². The Labute approximate surface area is 168 Å². The van der Waals surface area contributed by atoms with E-state index in [-0.39, 0.29) is 17.5 Å². The van der Waals surface area contributed by atoms with E-state index in [1.54, 1.807) is 41.8 Å². The van der Waals surface area contributed by atoms with Gasteiger partial charge in [0.25, 0.3) is 5.91 Å². The molecule has 0 radical (unpaired) electrons. The number of carbonyl (C=O) groups is 2. The summed E-state index contributed by atoms with van der Waals surface area (Å²) in [6.07, 6.45) is 0.333. The maximum absolute atomic E-state index is 12.9. The van der Waals surface area contributed by atoms with Crippen molar-refractivity contribution in [3.05, 3.63) is 76.9 Å². The van der Waals surface area contributed by atoms with E-state index in [2.05, 4.69) is 10.4 Å². The van der Waals surface area contributed by atoms with E-state index in [1.807, 2.05) is 42.5 Å². The molecule has 0 atom stereocenters. The molecule has 144 valence electrons. The molecule has 0 bridgehead atoms. The third-order valence-electron chi connectivity index (χ3n) is 4.20. The second kappa shape index (κ2) is 8.71. The smallest absolute Gasteiger partial charge is 0.274 e. The lowest BCUT2D eigenvalue weighted by molar-refractivity contribution is -0.115. The molecule has 0 aliphatic carbocycles. The van der Waals surface area contributed by atoms with Crippen LogP contribution in [0.3, 0.4) is 0 Å². The summed E-state index contributed by atoms with van der Waals surface area (Å²) in [6, 6.07) is 18.3. The molecule has 3 rings (SSSR count). The summed E-state index contributed by atoms with van der Waals surface area (Å²) in [5.41, 5.74) is 1.97. The van der Waals surface area contributed by atoms with Crippen LogP contribution in [-0.2, 0) is 11.3 Å². The fourth-order valence-corrected chi connectivity index (χ4v) is 2.83. The third-order valence-corrected chi connectivity index (χ3v) is 4.45. The third kappa shape index (κ3) is 4.58. The molecule has 1 N–H and O–H groups in total. The number of halogens is 1. The molecule has 1 heterocycles. The van der Waals surface area contributed by atoms with Crippen molar-refractivity contribution in [1.29, 1.82) is 0 Å². The van der Waals surface area contributed by atoms with Crippen molar-refractivity contribution in [2.24, 2.45) is 0 Å². The van der Waals surface area contributed by atoms with Crippen LogP contribution in [0.4, 0.5) is 5.82 Å². The molecular weight excluding hydrogens is 376 g/mol. The van der Waals surface area contributed by atoms with Crippen LogP contribution in [0.25, 0.3) is 5.69 Å². The highest BCUT2D eigenvalue weighted by Crippen LogP contribution is 2.19. The molecule has 3 aromatic rings. The van der Waals surface area contributed by atoms with Gasteiger partial charge in [-0.15, -0.1) is 0 Å². The molecule has 1 aromatic heterocycles. The number of rotatable bonds is 6. The molecule has 0 aliphatic heterocycles. The van der Waals surface area contributed by atoms with Crippen LogP contribution in [-0.4, -0.2) is 33.5 Å². The van der Waals surface area contributed by atoms with Crippen molar-refractivity contribution in [3.8, 4) is 5.69 Å². The van der Waals surface area contributed by atoms with E-state index < -0.39 is 0 Å². The summed E-state index contributed by atoms with van der Waals surface area (Å²) in [5.74, 6) is 0.0727. The van der Waals surface area contributed by atoms with Gasteiger partial charge in [-0.1, -0.05) is 48.9 Å². The van der Waals surface area contributed by atoms with Crippen LogP contribution in [0.15, 0.2) is 60.7 Å². The van der Waals surface area contributed by atoms with E-state index in [0.717, 1.165) is 11.3 Å². The quantitative estimate of drug-likeness (QED) is 0.680. The Kier molecular flexibility index (Phi) is 6.11. The molecule has 0 fully saturated rings. The highest BCUT2D eigenvalue weighted by atomic mass is 35.5. The number of para-hydroxylation sites is 1. The molecule has 7 heteroatoms. The second-order valence-corrected chi connectivity index (χ2v) is 6.79. The lowest BCUT2D eigenvalue weighted by Gasteiger charge is -2.15. The van der Waals surface area contributed by atoms with Crippen molar-refractivity contribution in [3.63, 3.8) is 0 Å². The first kappa shape index (κ1) is 19.6. The van der Waals surface area contributed by atoms with Crippen LogP contribution < -0.4 is 5.32 Å². The van der Waals surface area contributed by atoms with Crippen LogP contribution in [0.1, 0.15) is 29.4 Å². The summed E-state index contributed by atoms with van der Waals surface area (Å²) in [6.45, 7) is 2.19. The zero-order valence-electron chi connectivity index (χ0n) is 15.7. The minimum Gasteiger partial charge on any atom is -0.336 e. The maximum atomic E-state index is 12.9. The number of nitrogens with zero attached hydrogens (tertiary/aromatic N) is 3. The number of nitrogens with one attached hydrogen (secondary N) is 1. The molecular formula is C21H21ClN4O2. The van der Waals surface area contributed by atoms with Crippen LogP contribution >= 0.6 is 11.6 Å². The molecule has 28 heavy (non-hydrogen) atoms. The topological polar surface area (TPSA) is 67.2 Å². The van der Waals surface area contributed by atoms with Gasteiger partial charge in [0.15, 0.2) is 5.69 Å². The second-order valence-electron chi connectivity index (χ2n) is 6.35. The molecule has 0 spiro atoms. The predicted octanol–water partition coefficient (Wildman–Crippen LogP) is 4.15. The fraction of sp³-hybridized carbons (Fsp3) is 0.190. The number of anilines is 1. The Balaban J connectivity index is 1.87. The fourth-order valence-electron chi connectivity index (χ4n) is 2.70. The van der Waals surface area contributed by atoms with Gasteiger partial charge >= 0.3 is 0 Å². The molecule has 6 nitrogen and oxygen atoms in total. The predicted molar refractivity (Wildman–Crippen MR) is 110 cm³/mol.